The summed E-state index contributed by atoms with van der Waals surface area (Å²) in [5.74, 6) is -2.30. The highest BCUT2D eigenvalue weighted by atomic mass is 35.5. The first-order valence-corrected chi connectivity index (χ1v) is 11.2. The van der Waals surface area contributed by atoms with E-state index in [2.05, 4.69) is 31.7 Å². The van der Waals surface area contributed by atoms with E-state index in [4.69, 9.17) is 21.1 Å². The van der Waals surface area contributed by atoms with Crippen molar-refractivity contribution in [2.75, 3.05) is 32.6 Å². The van der Waals surface area contributed by atoms with Crippen LogP contribution in [0.2, 0.25) is 5.02 Å². The number of amides is 2. The van der Waals surface area contributed by atoms with Crippen LogP contribution in [0.1, 0.15) is 24.8 Å². The molecule has 2 N–H and O–H groups in total. The molecular formula is C20H23ClF2N4O5S. The lowest BCUT2D eigenvalue weighted by molar-refractivity contribution is 0.119. The molecule has 13 heteroatoms. The Morgan fingerprint density at radius 1 is 1.33 bits per heavy atom. The molecule has 33 heavy (non-hydrogen) atoms. The molecule has 9 nitrogen and oxygen atoms in total. The fourth-order valence-corrected chi connectivity index (χ4v) is 4.20. The number of anilines is 1. The largest absolute Gasteiger partial charge is 0.513 e. The van der Waals surface area contributed by atoms with Crippen molar-refractivity contribution in [1.29, 1.82) is 0 Å². The third kappa shape index (κ3) is 6.65. The molecule has 2 amide bonds. The molecule has 1 fully saturated rings. The number of nitrogens with zero attached hydrogens (tertiary/aromatic N) is 2. The summed E-state index contributed by atoms with van der Waals surface area (Å²) in [6.45, 7) is 0.931. The Hall–Kier alpha value is -2.70. The van der Waals surface area contributed by atoms with E-state index >= 15 is 0 Å². The highest BCUT2D eigenvalue weighted by Crippen LogP contribution is 2.39. The Bertz CT molecular complexity index is 986. The summed E-state index contributed by atoms with van der Waals surface area (Å²) in [4.78, 5) is 26.2. The summed E-state index contributed by atoms with van der Waals surface area (Å²) in [6.07, 6.45) is 1.93. The Morgan fingerprint density at radius 2 is 2.06 bits per heavy atom. The molecule has 1 aromatic heterocycles. The zero-order chi connectivity index (χ0) is 24.0. The van der Waals surface area contributed by atoms with E-state index in [0.29, 0.717) is 12.6 Å². The Kier molecular flexibility index (Phi) is 8.64. The predicted molar refractivity (Wildman–Crippen MR) is 118 cm³/mol. The highest BCUT2D eigenvalue weighted by molar-refractivity contribution is 7.11. The molecule has 1 unspecified atom stereocenters. The van der Waals surface area contributed by atoms with Crippen molar-refractivity contribution < 1.29 is 32.6 Å². The molecule has 0 radical (unpaired) electrons. The number of nitrogens with one attached hydrogen (secondary N) is 2. The lowest BCUT2D eigenvalue weighted by atomic mass is 10.1. The minimum atomic E-state index is -1.09. The van der Waals surface area contributed by atoms with Gasteiger partial charge in [-0.1, -0.05) is 11.6 Å². The average Bonchev–Trinajstić information content (AvgIpc) is 3.33. The number of hydrogen-bond acceptors (Lipinski definition) is 8. The van der Waals surface area contributed by atoms with Crippen LogP contribution in [0.15, 0.2) is 12.1 Å². The van der Waals surface area contributed by atoms with E-state index < -0.39 is 30.4 Å². The molecule has 1 aliphatic heterocycles. The maximum Gasteiger partial charge on any atom is 0.513 e. The van der Waals surface area contributed by atoms with Gasteiger partial charge in [-0.3, -0.25) is 5.32 Å². The molecule has 1 aliphatic rings. The lowest BCUT2D eigenvalue weighted by Gasteiger charge is -2.19. The summed E-state index contributed by atoms with van der Waals surface area (Å²) in [5, 5.41) is 5.23. The first kappa shape index (κ1) is 24.9. The smallest absolute Gasteiger partial charge is 0.469 e. The molecule has 0 bridgehead atoms. The fourth-order valence-electron chi connectivity index (χ4n) is 3.35. The van der Waals surface area contributed by atoms with Crippen molar-refractivity contribution in [1.82, 2.24) is 14.6 Å². The number of carbonyl (C=O) groups is 2. The molecule has 0 aliphatic carbocycles. The van der Waals surface area contributed by atoms with E-state index in [1.54, 1.807) is 0 Å². The van der Waals surface area contributed by atoms with Crippen molar-refractivity contribution in [3.63, 3.8) is 0 Å². The molecule has 3 rings (SSSR count). The van der Waals surface area contributed by atoms with Crippen LogP contribution in [0.25, 0.3) is 0 Å². The van der Waals surface area contributed by atoms with Crippen molar-refractivity contribution in [3.05, 3.63) is 34.4 Å². The van der Waals surface area contributed by atoms with E-state index in [1.165, 1.54) is 0 Å². The second-order valence-corrected chi connectivity index (χ2v) is 8.49. The van der Waals surface area contributed by atoms with Gasteiger partial charge >= 0.3 is 12.2 Å². The van der Waals surface area contributed by atoms with Gasteiger partial charge in [0.05, 0.1) is 12.7 Å². The second-order valence-electron chi connectivity index (χ2n) is 7.29. The van der Waals surface area contributed by atoms with E-state index in [0.717, 1.165) is 56.6 Å². The number of hydrogen-bond donors (Lipinski definition) is 2. The van der Waals surface area contributed by atoms with Gasteiger partial charge in [0, 0.05) is 17.6 Å². The highest BCUT2D eigenvalue weighted by Gasteiger charge is 2.24. The van der Waals surface area contributed by atoms with Gasteiger partial charge in [-0.25, -0.2) is 18.4 Å². The number of ether oxygens (including phenoxy) is 3. The van der Waals surface area contributed by atoms with Gasteiger partial charge in [-0.05, 0) is 56.5 Å². The number of methoxy groups -OCH3 is 1. The van der Waals surface area contributed by atoms with Crippen LogP contribution in [0, 0.1) is 11.6 Å². The van der Waals surface area contributed by atoms with Gasteiger partial charge in [-0.15, -0.1) is 4.37 Å². The van der Waals surface area contributed by atoms with Gasteiger partial charge < -0.3 is 24.4 Å². The number of benzene rings is 1. The number of likely N-dealkylation sites (tertiary alicyclic amines) is 1. The van der Waals surface area contributed by atoms with Crippen LogP contribution in [0.5, 0.6) is 11.6 Å². The number of urea groups is 1. The van der Waals surface area contributed by atoms with Crippen LogP contribution in [0.4, 0.5) is 23.4 Å². The minimum Gasteiger partial charge on any atom is -0.469 e. The maximum atomic E-state index is 14.0. The van der Waals surface area contributed by atoms with Crippen LogP contribution in [-0.4, -0.2) is 54.7 Å². The second kappa shape index (κ2) is 11.4. The standard InChI is InChI=1S/C20H23ClF2N4O5S/c1-27-7-3-4-12(27)5-6-24-19(28)25-18-16(32-20(29)30-2)17(26-33-18)31-10-13-14(22)8-11(21)9-15(13)23/h8-9,12H,3-7,10H2,1-2H3,(H2,24,25,28). The van der Waals surface area contributed by atoms with E-state index in [9.17, 15) is 18.4 Å². The minimum absolute atomic E-state index is 0.0583. The fraction of sp³-hybridized carbons (Fsp3) is 0.450. The van der Waals surface area contributed by atoms with Gasteiger partial charge in [0.2, 0.25) is 5.75 Å². The van der Waals surface area contributed by atoms with Crippen LogP contribution in [0.3, 0.4) is 0 Å². The van der Waals surface area contributed by atoms with Crippen molar-refractivity contribution in [2.24, 2.45) is 0 Å². The number of halogens is 3. The van der Waals surface area contributed by atoms with Gasteiger partial charge in [-0.2, -0.15) is 0 Å². The summed E-state index contributed by atoms with van der Waals surface area (Å²) < 4.78 is 46.9. The third-order valence-corrected chi connectivity index (χ3v) is 6.04. The lowest BCUT2D eigenvalue weighted by Crippen LogP contribution is -2.34. The molecule has 1 aromatic carbocycles. The topological polar surface area (TPSA) is 102 Å². The predicted octanol–water partition coefficient (Wildman–Crippen LogP) is 4.40. The molecular weight excluding hydrogens is 482 g/mol. The first-order chi connectivity index (χ1) is 15.8. The third-order valence-electron chi connectivity index (χ3n) is 5.09. The average molecular weight is 505 g/mol. The Labute approximate surface area is 198 Å². The Balaban J connectivity index is 1.65. The van der Waals surface area contributed by atoms with Crippen molar-refractivity contribution in [3.8, 4) is 11.6 Å². The van der Waals surface area contributed by atoms with Crippen LogP contribution < -0.4 is 20.1 Å². The summed E-state index contributed by atoms with van der Waals surface area (Å²) in [7, 11) is 3.15. The zero-order valence-corrected chi connectivity index (χ0v) is 19.5. The first-order valence-electron chi connectivity index (χ1n) is 10.0. The van der Waals surface area contributed by atoms with Crippen LogP contribution >= 0.6 is 23.1 Å². The maximum absolute atomic E-state index is 14.0. The molecule has 180 valence electrons. The normalized spacial score (nSPS) is 15.8. The SMILES string of the molecule is COC(=O)Oc1c(OCc2c(F)cc(Cl)cc2F)nsc1NC(=O)NCCC1CCCN1C. The molecule has 0 saturated carbocycles. The summed E-state index contributed by atoms with van der Waals surface area (Å²) >= 11 is 6.38. The molecule has 0 spiro atoms. The molecule has 1 atom stereocenters. The summed E-state index contributed by atoms with van der Waals surface area (Å²) in [6, 6.07) is 1.77. The van der Waals surface area contributed by atoms with E-state index in [-0.39, 0.29) is 27.2 Å². The van der Waals surface area contributed by atoms with Crippen molar-refractivity contribution >= 4 is 40.3 Å². The van der Waals surface area contributed by atoms with Crippen LogP contribution in [-0.2, 0) is 11.3 Å². The monoisotopic (exact) mass is 504 g/mol. The van der Waals surface area contributed by atoms with Gasteiger partial charge in [0.1, 0.15) is 18.2 Å². The zero-order valence-electron chi connectivity index (χ0n) is 18.0. The molecule has 2 aromatic rings. The molecule has 1 saturated heterocycles. The quantitative estimate of drug-likeness (QED) is 0.513. The Morgan fingerprint density at radius 3 is 2.70 bits per heavy atom. The van der Waals surface area contributed by atoms with Crippen molar-refractivity contribution in [2.45, 2.75) is 31.9 Å². The van der Waals surface area contributed by atoms with E-state index in [1.807, 2.05) is 0 Å². The van der Waals surface area contributed by atoms with Gasteiger partial charge in [0.25, 0.3) is 5.88 Å². The molecule has 2 heterocycles. The summed E-state index contributed by atoms with van der Waals surface area (Å²) in [5.41, 5.74) is -0.388. The van der Waals surface area contributed by atoms with Gasteiger partial charge in [0.15, 0.2) is 5.00 Å². The number of aromatic nitrogens is 1. The number of rotatable bonds is 8. The number of carbonyl (C=O) groups excluding carboxylic acids is 2.